The second-order valence-corrected chi connectivity index (χ2v) is 5.39. The molecule has 0 saturated carbocycles. The highest BCUT2D eigenvalue weighted by Gasteiger charge is 1.81. The largest absolute Gasteiger partial charge is 0.311 e. The third-order valence-corrected chi connectivity index (χ3v) is 2.52. The van der Waals surface area contributed by atoms with Crippen molar-refractivity contribution in [2.24, 2.45) is 0 Å². The van der Waals surface area contributed by atoms with Crippen molar-refractivity contribution in [3.8, 4) is 0 Å². The second kappa shape index (κ2) is 2.83. The van der Waals surface area contributed by atoms with Crippen molar-refractivity contribution >= 4 is 29.6 Å². The summed E-state index contributed by atoms with van der Waals surface area (Å²) in [5.74, 6) is 0. The molecule has 0 aliphatic heterocycles. The van der Waals surface area contributed by atoms with E-state index in [0.29, 0.717) is 0 Å². The quantitative estimate of drug-likeness (QED) is 0.294. The van der Waals surface area contributed by atoms with Gasteiger partial charge in [-0.1, -0.05) is 0 Å². The van der Waals surface area contributed by atoms with Gasteiger partial charge in [0, 0.05) is 0 Å². The van der Waals surface area contributed by atoms with Crippen molar-refractivity contribution in [2.75, 3.05) is 0 Å². The molecule has 0 aromatic rings. The van der Waals surface area contributed by atoms with Crippen LogP contribution in [0.3, 0.4) is 0 Å². The lowest BCUT2D eigenvalue weighted by Gasteiger charge is -1.70. The molecule has 0 fully saturated rings. The van der Waals surface area contributed by atoms with Crippen molar-refractivity contribution in [3.05, 3.63) is 0 Å². The van der Waals surface area contributed by atoms with Crippen LogP contribution in [0.5, 0.6) is 0 Å². The van der Waals surface area contributed by atoms with Gasteiger partial charge in [0.1, 0.15) is 10.5 Å². The van der Waals surface area contributed by atoms with Crippen LogP contribution in [0.4, 0.5) is 0 Å². The van der Waals surface area contributed by atoms with Crippen LogP contribution in [0.15, 0.2) is 0 Å². The Morgan fingerprint density at radius 1 is 2.00 bits per heavy atom. The minimum absolute atomic E-state index is 1.15. The van der Waals surface area contributed by atoms with E-state index in [2.05, 4.69) is 0 Å². The Hall–Kier alpha value is 0.617. The molecular weight excluding hydrogens is 128 g/mol. The first-order valence-corrected chi connectivity index (χ1v) is 6.05. The SMILES string of the molecule is O=S(O)[SiH2]Cl. The molecule has 5 heavy (non-hydrogen) atoms. The van der Waals surface area contributed by atoms with E-state index in [1.54, 1.807) is 0 Å². The van der Waals surface area contributed by atoms with Crippen LogP contribution in [0.25, 0.3) is 0 Å². The van der Waals surface area contributed by atoms with E-state index in [-0.39, 0.29) is 0 Å². The number of hydrogen-bond donors (Lipinski definition) is 1. The first-order valence-electron chi connectivity index (χ1n) is 0.905. The van der Waals surface area contributed by atoms with Crippen LogP contribution in [-0.4, -0.2) is 16.7 Å². The molecule has 0 spiro atoms. The smallest absolute Gasteiger partial charge is 0.259 e. The van der Waals surface area contributed by atoms with Crippen molar-refractivity contribution in [3.63, 3.8) is 0 Å². The maximum atomic E-state index is 9.41. The fraction of sp³-hybridized carbons (Fsp3) is 0. The molecule has 0 aromatic carbocycles. The van der Waals surface area contributed by atoms with Gasteiger partial charge in [-0.05, 0) is 0 Å². The highest BCUT2D eigenvalue weighted by molar-refractivity contribution is 8.10. The third-order valence-electron chi connectivity index (χ3n) is 0.0933. The number of rotatable bonds is 1. The van der Waals surface area contributed by atoms with Gasteiger partial charge >= 0.3 is 0 Å². The Morgan fingerprint density at radius 2 is 2.20 bits per heavy atom. The zero-order chi connectivity index (χ0) is 4.28. The molecule has 32 valence electrons. The van der Waals surface area contributed by atoms with Crippen LogP contribution in [0.1, 0.15) is 0 Å². The average molecular weight is 131 g/mol. The van der Waals surface area contributed by atoms with Crippen LogP contribution in [0.2, 0.25) is 0 Å². The van der Waals surface area contributed by atoms with Crippen molar-refractivity contribution < 1.29 is 8.76 Å². The Bertz CT molecular complexity index is 44.9. The summed E-state index contributed by atoms with van der Waals surface area (Å²) in [4.78, 5) is 0. The predicted octanol–water partition coefficient (Wildman–Crippen LogP) is -0.554. The van der Waals surface area contributed by atoms with Crippen molar-refractivity contribution in [1.29, 1.82) is 0 Å². The van der Waals surface area contributed by atoms with E-state index < -0.39 is 18.5 Å². The van der Waals surface area contributed by atoms with Gasteiger partial charge in [0.15, 0.2) is 0 Å². The molecular formula is H3ClO2SSi. The average Bonchev–Trinajstić information content (AvgIpc) is 1.38. The lowest BCUT2D eigenvalue weighted by molar-refractivity contribution is 0.579. The van der Waals surface area contributed by atoms with Gasteiger partial charge in [-0.2, -0.15) is 11.1 Å². The summed E-state index contributed by atoms with van der Waals surface area (Å²) in [6.07, 6.45) is 0. The maximum absolute atomic E-state index is 9.41. The monoisotopic (exact) mass is 130 g/mol. The molecule has 0 amide bonds. The summed E-state index contributed by atoms with van der Waals surface area (Å²) in [5.41, 5.74) is 0. The number of halogens is 1. The minimum Gasteiger partial charge on any atom is -0.311 e. The van der Waals surface area contributed by atoms with Crippen LogP contribution < -0.4 is 0 Å². The van der Waals surface area contributed by atoms with E-state index in [0.717, 1.165) is 0 Å². The molecule has 0 aliphatic rings. The van der Waals surface area contributed by atoms with Gasteiger partial charge in [-0.15, -0.1) is 0 Å². The summed E-state index contributed by atoms with van der Waals surface area (Å²) >= 11 is 4.93. The summed E-state index contributed by atoms with van der Waals surface area (Å²) in [5, 5.41) is 0. The topological polar surface area (TPSA) is 37.3 Å². The van der Waals surface area contributed by atoms with Crippen LogP contribution in [-0.2, 0) is 10.5 Å². The van der Waals surface area contributed by atoms with Gasteiger partial charge in [-0.25, -0.2) is 4.21 Å². The lowest BCUT2D eigenvalue weighted by Crippen LogP contribution is -1.87. The second-order valence-electron chi connectivity index (χ2n) is 0.431. The maximum Gasteiger partial charge on any atom is 0.259 e. The normalized spacial score (nSPS) is 17.2. The van der Waals surface area contributed by atoms with Crippen molar-refractivity contribution in [1.82, 2.24) is 0 Å². The zero-order valence-corrected chi connectivity index (χ0v) is 5.34. The van der Waals surface area contributed by atoms with Gasteiger partial charge in [-0.3, -0.25) is 0 Å². The van der Waals surface area contributed by atoms with E-state index in [9.17, 15) is 4.21 Å². The van der Waals surface area contributed by atoms with Crippen LogP contribution in [0, 0.1) is 0 Å². The van der Waals surface area contributed by atoms with Gasteiger partial charge in [0.05, 0.1) is 0 Å². The highest BCUT2D eigenvalue weighted by Crippen LogP contribution is 1.69. The van der Waals surface area contributed by atoms with E-state index in [1.165, 1.54) is 0 Å². The molecule has 5 heteroatoms. The van der Waals surface area contributed by atoms with Gasteiger partial charge in [0.25, 0.3) is 7.98 Å². The van der Waals surface area contributed by atoms with E-state index >= 15 is 0 Å². The summed E-state index contributed by atoms with van der Waals surface area (Å²) in [7, 11) is -2.82. The molecule has 2 nitrogen and oxygen atoms in total. The molecule has 0 bridgehead atoms. The van der Waals surface area contributed by atoms with Gasteiger partial charge < -0.3 is 4.55 Å². The summed E-state index contributed by atoms with van der Waals surface area (Å²) < 4.78 is 17.2. The van der Waals surface area contributed by atoms with Gasteiger partial charge in [0.2, 0.25) is 0 Å². The molecule has 0 radical (unpaired) electrons. The van der Waals surface area contributed by atoms with E-state index in [4.69, 9.17) is 15.6 Å². The molecule has 0 aliphatic carbocycles. The molecule has 1 atom stereocenters. The standard InChI is InChI=1S/ClH3O2SSi/c1-5-4(2)3/h5H2,(H,2,3). The highest BCUT2D eigenvalue weighted by atomic mass is 35.6. The Kier molecular flexibility index (Phi) is 3.18. The fourth-order valence-corrected chi connectivity index (χ4v) is 0. The molecule has 1 unspecified atom stereocenters. The van der Waals surface area contributed by atoms with Crippen molar-refractivity contribution in [2.45, 2.75) is 0 Å². The minimum atomic E-state index is -1.67. The Balaban J connectivity index is 2.85. The zero-order valence-electron chi connectivity index (χ0n) is 2.35. The van der Waals surface area contributed by atoms with E-state index in [1.807, 2.05) is 0 Å². The molecule has 0 saturated heterocycles. The Labute approximate surface area is 39.0 Å². The molecule has 1 N–H and O–H groups in total. The fourth-order valence-electron chi connectivity index (χ4n) is 0. The summed E-state index contributed by atoms with van der Waals surface area (Å²) in [6, 6.07) is 0. The first-order chi connectivity index (χ1) is 2.27. The first kappa shape index (κ1) is 5.62. The molecule has 0 rings (SSSR count). The number of hydrogen-bond acceptors (Lipinski definition) is 1. The Morgan fingerprint density at radius 3 is 2.20 bits per heavy atom. The summed E-state index contributed by atoms with van der Waals surface area (Å²) in [6.45, 7) is 0. The lowest BCUT2D eigenvalue weighted by atomic mass is 15.9. The predicted molar refractivity (Wildman–Crippen MR) is 25.2 cm³/mol. The molecule has 0 aromatic heterocycles. The molecule has 0 heterocycles. The third kappa shape index (κ3) is 4.62. The van der Waals surface area contributed by atoms with Crippen LogP contribution >= 0.6 is 11.1 Å².